The molecule has 2 heterocycles. The van der Waals surface area contributed by atoms with Crippen LogP contribution in [0.1, 0.15) is 21.6 Å². The molecule has 0 saturated heterocycles. The second-order valence-corrected chi connectivity index (χ2v) is 5.61. The van der Waals surface area contributed by atoms with Crippen molar-refractivity contribution in [2.75, 3.05) is 6.54 Å². The third-order valence-electron chi connectivity index (χ3n) is 3.08. The van der Waals surface area contributed by atoms with Gasteiger partial charge in [-0.1, -0.05) is 32.6 Å². The van der Waals surface area contributed by atoms with E-state index in [1.54, 1.807) is 5.38 Å². The number of hydrogen-bond donors (Lipinski definition) is 0. The summed E-state index contributed by atoms with van der Waals surface area (Å²) < 4.78 is 4.86. The zero-order chi connectivity index (χ0) is 12.5. The number of hydrogen-bond acceptors (Lipinski definition) is 4. The molecule has 2 aromatic rings. The second-order valence-electron chi connectivity index (χ2n) is 4.14. The van der Waals surface area contributed by atoms with Crippen LogP contribution in [-0.2, 0) is 13.0 Å². The van der Waals surface area contributed by atoms with Crippen molar-refractivity contribution in [1.82, 2.24) is 14.5 Å². The van der Waals surface area contributed by atoms with E-state index in [0.717, 1.165) is 17.4 Å². The minimum Gasteiger partial charge on any atom is -0.333 e. The molecule has 0 bridgehead atoms. The van der Waals surface area contributed by atoms with Crippen molar-refractivity contribution in [3.63, 3.8) is 0 Å². The van der Waals surface area contributed by atoms with Gasteiger partial charge in [-0.05, 0) is 35.1 Å². The summed E-state index contributed by atoms with van der Waals surface area (Å²) >= 11 is 4.76. The highest BCUT2D eigenvalue weighted by molar-refractivity contribution is 9.10. The topological polar surface area (TPSA) is 46.1 Å². The summed E-state index contributed by atoms with van der Waals surface area (Å²) in [6.07, 6.45) is 0.875. The molecule has 0 atom stereocenters. The van der Waals surface area contributed by atoms with Gasteiger partial charge in [0.2, 0.25) is 0 Å². The van der Waals surface area contributed by atoms with Crippen LogP contribution in [-0.4, -0.2) is 26.9 Å². The van der Waals surface area contributed by atoms with Gasteiger partial charge in [-0.3, -0.25) is 4.79 Å². The molecule has 1 amide bonds. The molecular formula is C12H10BrN3OS. The zero-order valence-electron chi connectivity index (χ0n) is 9.47. The maximum Gasteiger partial charge on any atom is 0.275 e. The monoisotopic (exact) mass is 323 g/mol. The molecule has 0 unspecified atom stereocenters. The first kappa shape index (κ1) is 11.8. The molecule has 0 radical (unpaired) electrons. The largest absolute Gasteiger partial charge is 0.333 e. The van der Waals surface area contributed by atoms with Gasteiger partial charge in [0.05, 0.1) is 0 Å². The van der Waals surface area contributed by atoms with E-state index in [2.05, 4.69) is 31.6 Å². The van der Waals surface area contributed by atoms with Gasteiger partial charge in [-0.15, -0.1) is 5.10 Å². The SMILES string of the molecule is O=C(c1csnn1)N1CCc2c(Br)cccc2C1. The van der Waals surface area contributed by atoms with E-state index in [1.807, 2.05) is 17.0 Å². The van der Waals surface area contributed by atoms with Gasteiger partial charge in [-0.25, -0.2) is 0 Å². The lowest BCUT2D eigenvalue weighted by Gasteiger charge is -2.28. The fourth-order valence-electron chi connectivity index (χ4n) is 2.16. The van der Waals surface area contributed by atoms with Gasteiger partial charge in [0.25, 0.3) is 5.91 Å². The van der Waals surface area contributed by atoms with Gasteiger partial charge in [0.15, 0.2) is 5.69 Å². The number of rotatable bonds is 1. The van der Waals surface area contributed by atoms with E-state index in [9.17, 15) is 4.79 Å². The van der Waals surface area contributed by atoms with Crippen LogP contribution in [0.5, 0.6) is 0 Å². The fourth-order valence-corrected chi connectivity index (χ4v) is 3.19. The maximum absolute atomic E-state index is 12.2. The number of carbonyl (C=O) groups excluding carboxylic acids is 1. The Hall–Kier alpha value is -1.27. The Labute approximate surface area is 117 Å². The van der Waals surface area contributed by atoms with E-state index < -0.39 is 0 Å². The Morgan fingerprint density at radius 1 is 1.44 bits per heavy atom. The molecule has 0 N–H and O–H groups in total. The van der Waals surface area contributed by atoms with Crippen molar-refractivity contribution >= 4 is 33.4 Å². The summed E-state index contributed by atoms with van der Waals surface area (Å²) in [5, 5.41) is 5.53. The van der Waals surface area contributed by atoms with Crippen LogP contribution in [0.3, 0.4) is 0 Å². The van der Waals surface area contributed by atoms with Crippen LogP contribution in [0, 0.1) is 0 Å². The summed E-state index contributed by atoms with van der Waals surface area (Å²) in [6, 6.07) is 6.11. The van der Waals surface area contributed by atoms with Crippen molar-refractivity contribution in [2.24, 2.45) is 0 Å². The molecule has 18 heavy (non-hydrogen) atoms. The van der Waals surface area contributed by atoms with Crippen molar-refractivity contribution < 1.29 is 4.79 Å². The summed E-state index contributed by atoms with van der Waals surface area (Å²) in [5.74, 6) is -0.0330. The van der Waals surface area contributed by atoms with Gasteiger partial charge in [-0.2, -0.15) is 0 Å². The predicted molar refractivity (Wildman–Crippen MR) is 72.5 cm³/mol. The Balaban J connectivity index is 1.85. The number of aromatic nitrogens is 2. The van der Waals surface area contributed by atoms with Crippen LogP contribution in [0.4, 0.5) is 0 Å². The fraction of sp³-hybridized carbons (Fsp3) is 0.250. The number of benzene rings is 1. The van der Waals surface area contributed by atoms with E-state index >= 15 is 0 Å². The van der Waals surface area contributed by atoms with Crippen molar-refractivity contribution in [3.8, 4) is 0 Å². The molecular weight excluding hydrogens is 314 g/mol. The highest BCUT2D eigenvalue weighted by Gasteiger charge is 2.24. The number of carbonyl (C=O) groups is 1. The third kappa shape index (κ3) is 2.06. The smallest absolute Gasteiger partial charge is 0.275 e. The lowest BCUT2D eigenvalue weighted by Crippen LogP contribution is -2.36. The van der Waals surface area contributed by atoms with Crippen molar-refractivity contribution in [1.29, 1.82) is 0 Å². The average Bonchev–Trinajstić information content (AvgIpc) is 2.91. The number of fused-ring (bicyclic) bond motifs is 1. The first-order valence-electron chi connectivity index (χ1n) is 5.58. The molecule has 4 nitrogen and oxygen atoms in total. The summed E-state index contributed by atoms with van der Waals surface area (Å²) in [5.41, 5.74) is 2.95. The zero-order valence-corrected chi connectivity index (χ0v) is 11.9. The Bertz CT molecular complexity index is 585. The minimum atomic E-state index is -0.0330. The molecule has 1 aliphatic heterocycles. The number of nitrogens with zero attached hydrogens (tertiary/aromatic N) is 3. The lowest BCUT2D eigenvalue weighted by atomic mass is 10.00. The molecule has 1 aromatic carbocycles. The van der Waals surface area contributed by atoms with E-state index in [4.69, 9.17) is 0 Å². The summed E-state index contributed by atoms with van der Waals surface area (Å²) in [6.45, 7) is 1.37. The number of halogens is 1. The van der Waals surface area contributed by atoms with Gasteiger partial charge < -0.3 is 4.90 Å². The standard InChI is InChI=1S/C12H10BrN3OS/c13-10-3-1-2-8-6-16(5-4-9(8)10)12(17)11-7-18-15-14-11/h1-3,7H,4-6H2. The third-order valence-corrected chi connectivity index (χ3v) is 4.32. The van der Waals surface area contributed by atoms with Crippen molar-refractivity contribution in [2.45, 2.75) is 13.0 Å². The Morgan fingerprint density at radius 2 is 2.33 bits per heavy atom. The number of amides is 1. The molecule has 6 heteroatoms. The summed E-state index contributed by atoms with van der Waals surface area (Å²) in [7, 11) is 0. The molecule has 0 saturated carbocycles. The quantitative estimate of drug-likeness (QED) is 0.810. The highest BCUT2D eigenvalue weighted by atomic mass is 79.9. The predicted octanol–water partition coefficient (Wildman–Crippen LogP) is 2.50. The molecule has 3 rings (SSSR count). The second kappa shape index (κ2) is 4.78. The Kier molecular flexibility index (Phi) is 3.13. The molecule has 1 aromatic heterocycles. The van der Waals surface area contributed by atoms with Crippen LogP contribution >= 0.6 is 27.5 Å². The Morgan fingerprint density at radius 3 is 3.11 bits per heavy atom. The van der Waals surface area contributed by atoms with Crippen LogP contribution in [0.15, 0.2) is 28.1 Å². The van der Waals surface area contributed by atoms with Gasteiger partial charge in [0.1, 0.15) is 0 Å². The maximum atomic E-state index is 12.2. The van der Waals surface area contributed by atoms with E-state index in [0.29, 0.717) is 12.2 Å². The molecule has 0 fully saturated rings. The summed E-state index contributed by atoms with van der Waals surface area (Å²) in [4.78, 5) is 14.0. The van der Waals surface area contributed by atoms with Crippen LogP contribution in [0.2, 0.25) is 0 Å². The lowest BCUT2D eigenvalue weighted by molar-refractivity contribution is 0.0728. The normalized spacial score (nSPS) is 14.4. The van der Waals surface area contributed by atoms with Gasteiger partial charge >= 0.3 is 0 Å². The minimum absolute atomic E-state index is 0.0330. The van der Waals surface area contributed by atoms with E-state index in [-0.39, 0.29) is 5.91 Å². The van der Waals surface area contributed by atoms with Crippen LogP contribution < -0.4 is 0 Å². The molecule has 1 aliphatic rings. The van der Waals surface area contributed by atoms with Crippen LogP contribution in [0.25, 0.3) is 0 Å². The highest BCUT2D eigenvalue weighted by Crippen LogP contribution is 2.26. The van der Waals surface area contributed by atoms with Gasteiger partial charge in [0, 0.05) is 22.9 Å². The van der Waals surface area contributed by atoms with Crippen molar-refractivity contribution in [3.05, 3.63) is 44.9 Å². The first-order valence-corrected chi connectivity index (χ1v) is 7.21. The average molecular weight is 324 g/mol. The van der Waals surface area contributed by atoms with E-state index in [1.165, 1.54) is 22.7 Å². The molecule has 92 valence electrons. The molecule has 0 spiro atoms. The first-order chi connectivity index (χ1) is 8.75. The molecule has 0 aliphatic carbocycles.